The first-order valence-corrected chi connectivity index (χ1v) is 13.8. The van der Waals surface area contributed by atoms with Crippen LogP contribution in [0.15, 0.2) is 76.5 Å². The minimum Gasteiger partial charge on any atom is -0.463 e. The first-order chi connectivity index (χ1) is 20.7. The van der Waals surface area contributed by atoms with E-state index in [-0.39, 0.29) is 33.8 Å². The van der Waals surface area contributed by atoms with E-state index in [4.69, 9.17) is 27.6 Å². The molecule has 6 rings (SSSR count). The van der Waals surface area contributed by atoms with Gasteiger partial charge in [0.25, 0.3) is 0 Å². The molecular weight excluding hydrogens is 603 g/mol. The van der Waals surface area contributed by atoms with E-state index in [1.807, 2.05) is 0 Å². The molecule has 218 valence electrons. The van der Waals surface area contributed by atoms with Crippen LogP contribution in [-0.2, 0) is 4.79 Å². The predicted molar refractivity (Wildman–Crippen MR) is 156 cm³/mol. The molecule has 1 aliphatic rings. The maximum Gasteiger partial charge on any atom is 0.333 e. The van der Waals surface area contributed by atoms with Gasteiger partial charge in [-0.2, -0.15) is 13.9 Å². The molecule has 0 unspecified atom stereocenters. The maximum absolute atomic E-state index is 13.9. The molecule has 0 radical (unpaired) electrons. The van der Waals surface area contributed by atoms with E-state index in [9.17, 15) is 18.4 Å². The summed E-state index contributed by atoms with van der Waals surface area (Å²) in [5, 5.41) is 14.9. The molecule has 1 amide bonds. The van der Waals surface area contributed by atoms with Crippen LogP contribution in [0.25, 0.3) is 33.8 Å². The summed E-state index contributed by atoms with van der Waals surface area (Å²) in [5.74, 6) is -0.588. The summed E-state index contributed by atoms with van der Waals surface area (Å²) < 4.78 is 35.7. The van der Waals surface area contributed by atoms with Crippen LogP contribution in [0.5, 0.6) is 0 Å². The molecule has 0 saturated heterocycles. The predicted octanol–water partition coefficient (Wildman–Crippen LogP) is 6.65. The second kappa shape index (κ2) is 11.5. The molecule has 1 N–H and O–H groups in total. The van der Waals surface area contributed by atoms with Crippen molar-refractivity contribution in [2.24, 2.45) is 5.92 Å². The Kier molecular flexibility index (Phi) is 7.63. The molecule has 2 bridgehead atoms. The van der Waals surface area contributed by atoms with Crippen LogP contribution in [0, 0.1) is 5.92 Å². The van der Waals surface area contributed by atoms with Gasteiger partial charge in [0, 0.05) is 39.9 Å². The van der Waals surface area contributed by atoms with Gasteiger partial charge in [-0.05, 0) is 43.2 Å². The maximum atomic E-state index is 13.9. The molecule has 5 heterocycles. The van der Waals surface area contributed by atoms with Crippen LogP contribution in [0.3, 0.4) is 0 Å². The van der Waals surface area contributed by atoms with Gasteiger partial charge < -0.3 is 9.73 Å². The molecule has 1 aromatic carbocycles. The zero-order valence-electron chi connectivity index (χ0n) is 22.3. The van der Waals surface area contributed by atoms with Gasteiger partial charge in [-0.25, -0.2) is 9.36 Å². The third-order valence-corrected chi connectivity index (χ3v) is 7.41. The summed E-state index contributed by atoms with van der Waals surface area (Å²) >= 11 is 12.2. The number of hydrogen-bond acceptors (Lipinski definition) is 7. The van der Waals surface area contributed by atoms with E-state index in [1.54, 1.807) is 37.3 Å². The number of alkyl halides is 2. The van der Waals surface area contributed by atoms with E-state index in [0.717, 1.165) is 0 Å². The number of benzene rings is 1. The Morgan fingerprint density at radius 3 is 2.70 bits per heavy atom. The van der Waals surface area contributed by atoms with Gasteiger partial charge in [0.05, 0.1) is 40.7 Å². The normalized spacial score (nSPS) is 16.6. The number of rotatable bonds is 4. The number of carbonyl (C=O) groups excluding carboxylic acids is 1. The number of pyridine rings is 1. The van der Waals surface area contributed by atoms with Crippen LogP contribution >= 0.6 is 23.2 Å². The molecule has 43 heavy (non-hydrogen) atoms. The zero-order chi connectivity index (χ0) is 30.2. The Labute approximate surface area is 252 Å². The van der Waals surface area contributed by atoms with E-state index in [2.05, 4.69) is 25.7 Å². The van der Waals surface area contributed by atoms with Gasteiger partial charge in [0.2, 0.25) is 5.91 Å². The number of nitrogens with zero attached hydrogens (tertiary/aromatic N) is 6. The van der Waals surface area contributed by atoms with Gasteiger partial charge in [0.15, 0.2) is 10.6 Å². The monoisotopic (exact) mass is 623 g/mol. The molecule has 4 aromatic heterocycles. The highest BCUT2D eigenvalue weighted by atomic mass is 35.5. The third-order valence-electron chi connectivity index (χ3n) is 7.00. The van der Waals surface area contributed by atoms with Gasteiger partial charge in [-0.1, -0.05) is 41.4 Å². The summed E-state index contributed by atoms with van der Waals surface area (Å²) in [6, 6.07) is 9.40. The lowest BCUT2D eigenvalue weighted by Crippen LogP contribution is -2.21. The molecule has 14 heteroatoms. The Morgan fingerprint density at radius 1 is 1.12 bits per heavy atom. The van der Waals surface area contributed by atoms with Crippen molar-refractivity contribution in [2.45, 2.75) is 26.3 Å². The second-order valence-electron chi connectivity index (χ2n) is 9.81. The highest BCUT2D eigenvalue weighted by Gasteiger charge is 2.24. The van der Waals surface area contributed by atoms with Crippen molar-refractivity contribution in [1.29, 1.82) is 0 Å². The number of aromatic nitrogens is 6. The van der Waals surface area contributed by atoms with Crippen molar-refractivity contribution >= 4 is 40.4 Å². The van der Waals surface area contributed by atoms with E-state index in [0.29, 0.717) is 50.6 Å². The fraction of sp³-hybridized carbons (Fsp3) is 0.172. The Bertz CT molecular complexity index is 1950. The average molecular weight is 624 g/mol. The van der Waals surface area contributed by atoms with E-state index in [1.165, 1.54) is 41.7 Å². The lowest BCUT2D eigenvalue weighted by Gasteiger charge is -2.16. The first kappa shape index (κ1) is 28.4. The van der Waals surface area contributed by atoms with Crippen molar-refractivity contribution in [3.8, 4) is 28.3 Å². The molecule has 0 aliphatic carbocycles. The summed E-state index contributed by atoms with van der Waals surface area (Å²) in [5.41, 5.74) is 2.07. The number of anilines is 1. The fourth-order valence-corrected chi connectivity index (χ4v) is 5.15. The van der Waals surface area contributed by atoms with Crippen molar-refractivity contribution in [3.63, 3.8) is 0 Å². The van der Waals surface area contributed by atoms with Gasteiger partial charge in [0.1, 0.15) is 12.0 Å². The van der Waals surface area contributed by atoms with Gasteiger partial charge >= 0.3 is 6.55 Å². The Hall–Kier alpha value is -4.68. The standard InChI is InChI=1S/C29H21Cl2F2N7O3/c1-15-3-2-4-18(21-9-16(7-8-34-21)27-22(36-28(15)42)12-35-40(27)29(32)33)20-14-43-25(11-24(20)41)19-10-17(30)5-6-23(19)39-13-26(31)37-38-39/h4-15,29H,2-3H2,1H3,(H,36,42)/b18-4-/t15-/m1/s1. The topological polar surface area (TPSA) is 121 Å². The SMILES string of the molecule is C[C@@H]1CC/C=C(/c2coc(-c3cc(Cl)ccc3-n3cc(Cl)nn3)cc2=O)c2cc(ccn2)-c2c(cnn2C(F)F)NC1=O. The molecule has 0 saturated carbocycles. The largest absolute Gasteiger partial charge is 0.463 e. The third kappa shape index (κ3) is 5.58. The van der Waals surface area contributed by atoms with Crippen LogP contribution < -0.4 is 10.7 Å². The molecule has 0 spiro atoms. The second-order valence-corrected chi connectivity index (χ2v) is 10.6. The smallest absolute Gasteiger partial charge is 0.333 e. The lowest BCUT2D eigenvalue weighted by molar-refractivity contribution is -0.119. The quantitative estimate of drug-likeness (QED) is 0.238. The highest BCUT2D eigenvalue weighted by molar-refractivity contribution is 6.31. The fourth-order valence-electron chi connectivity index (χ4n) is 4.85. The number of amides is 1. The number of nitrogens with one attached hydrogen (secondary N) is 1. The van der Waals surface area contributed by atoms with Gasteiger partial charge in [-0.3, -0.25) is 14.6 Å². The minimum atomic E-state index is -2.96. The lowest BCUT2D eigenvalue weighted by atomic mass is 9.96. The van der Waals surface area contributed by atoms with Crippen LogP contribution in [-0.4, -0.2) is 35.7 Å². The summed E-state index contributed by atoms with van der Waals surface area (Å²) in [4.78, 5) is 31.0. The van der Waals surface area contributed by atoms with Crippen LogP contribution in [0.1, 0.15) is 37.6 Å². The number of fused-ring (bicyclic) bond motifs is 4. The minimum absolute atomic E-state index is 0.0169. The summed E-state index contributed by atoms with van der Waals surface area (Å²) in [6.45, 7) is -1.22. The Balaban J connectivity index is 1.47. The molecule has 5 aromatic rings. The van der Waals surface area contributed by atoms with Crippen LogP contribution in [0.2, 0.25) is 10.2 Å². The molecule has 0 fully saturated rings. The Morgan fingerprint density at radius 2 is 1.95 bits per heavy atom. The van der Waals surface area contributed by atoms with E-state index >= 15 is 0 Å². The zero-order valence-corrected chi connectivity index (χ0v) is 23.9. The first-order valence-electron chi connectivity index (χ1n) is 13.0. The average Bonchev–Trinajstić information content (AvgIpc) is 3.61. The summed E-state index contributed by atoms with van der Waals surface area (Å²) in [6.07, 6.45) is 8.08. The van der Waals surface area contributed by atoms with Crippen LogP contribution in [0.4, 0.5) is 14.5 Å². The molecule has 10 nitrogen and oxygen atoms in total. The number of allylic oxidation sites excluding steroid dienone is 1. The molecule has 1 aliphatic heterocycles. The highest BCUT2D eigenvalue weighted by Crippen LogP contribution is 2.35. The van der Waals surface area contributed by atoms with Crippen molar-refractivity contribution in [2.75, 3.05) is 5.32 Å². The van der Waals surface area contributed by atoms with Gasteiger partial charge in [-0.15, -0.1) is 5.10 Å². The van der Waals surface area contributed by atoms with E-state index < -0.39 is 17.9 Å². The number of hydrogen-bond donors (Lipinski definition) is 1. The molecular formula is C29H21Cl2F2N7O3. The van der Waals surface area contributed by atoms with Crippen molar-refractivity contribution < 1.29 is 18.0 Å². The van der Waals surface area contributed by atoms with Crippen molar-refractivity contribution in [3.05, 3.63) is 99.0 Å². The number of halogens is 4. The molecule has 1 atom stereocenters. The van der Waals surface area contributed by atoms with Crippen molar-refractivity contribution in [1.82, 2.24) is 29.8 Å². The summed E-state index contributed by atoms with van der Waals surface area (Å²) in [7, 11) is 0. The number of carbonyl (C=O) groups is 1.